The lowest BCUT2D eigenvalue weighted by atomic mass is 9.88. The van der Waals surface area contributed by atoms with Crippen molar-refractivity contribution >= 4 is 34.6 Å². The number of ether oxygens (including phenoxy) is 2. The van der Waals surface area contributed by atoms with Crippen molar-refractivity contribution in [1.82, 2.24) is 39.8 Å². The highest BCUT2D eigenvalue weighted by Gasteiger charge is 2.39. The Morgan fingerprint density at radius 1 is 0.828 bits per heavy atom. The number of anilines is 1. The summed E-state index contributed by atoms with van der Waals surface area (Å²) in [4.78, 5) is 52.7. The van der Waals surface area contributed by atoms with Crippen molar-refractivity contribution in [3.63, 3.8) is 0 Å². The molecule has 300 valence electrons. The standard InChI is InChI=1S/C44H49N9O5/c45-41-39-40(30-8-11-35(12-9-30)58-34-6-2-1-3-7-34)49-53(42(39)47-28-46-41)33-5-4-18-51(27-33)22-24-57-23-21-50-19-16-29(17-20-50)31-10-13-36-32(25-31)26-52(44(36)56)37-14-15-38(54)48-43(37)55/h1-3,6-13,25,28-29,33,37H,4-5,14-24,26-27H2,(H2,45,46,47)(H,48,54,55). The van der Waals surface area contributed by atoms with Crippen molar-refractivity contribution in [3.8, 4) is 22.8 Å². The smallest absolute Gasteiger partial charge is 0.255 e. The Bertz CT molecular complexity index is 2290. The van der Waals surface area contributed by atoms with Crippen molar-refractivity contribution in [1.29, 1.82) is 0 Å². The molecule has 14 nitrogen and oxygen atoms in total. The van der Waals surface area contributed by atoms with Gasteiger partial charge in [0, 0.05) is 43.7 Å². The van der Waals surface area contributed by atoms with Crippen LogP contribution in [0, 0.1) is 0 Å². The van der Waals surface area contributed by atoms with Crippen LogP contribution in [0.5, 0.6) is 11.5 Å². The fraction of sp³-hybridized carbons (Fsp3) is 0.409. The van der Waals surface area contributed by atoms with E-state index in [2.05, 4.69) is 37.2 Å². The van der Waals surface area contributed by atoms with E-state index in [1.54, 1.807) is 4.90 Å². The van der Waals surface area contributed by atoms with E-state index in [0.717, 1.165) is 104 Å². The molecular weight excluding hydrogens is 735 g/mol. The zero-order chi connectivity index (χ0) is 39.6. The number of carbonyl (C=O) groups is 3. The second kappa shape index (κ2) is 16.6. The first-order valence-corrected chi connectivity index (χ1v) is 20.5. The molecule has 0 bridgehead atoms. The maximum atomic E-state index is 13.1. The van der Waals surface area contributed by atoms with Crippen LogP contribution in [0.4, 0.5) is 5.82 Å². The number of nitrogens with two attached hydrogens (primary N) is 1. The van der Waals surface area contributed by atoms with Gasteiger partial charge in [0.15, 0.2) is 5.65 Å². The average molecular weight is 784 g/mol. The van der Waals surface area contributed by atoms with Crippen molar-refractivity contribution in [2.45, 2.75) is 63.1 Å². The Balaban J connectivity index is 0.740. The minimum atomic E-state index is -0.590. The summed E-state index contributed by atoms with van der Waals surface area (Å²) < 4.78 is 14.2. The number of hydrogen-bond donors (Lipinski definition) is 2. The molecule has 4 aliphatic rings. The predicted molar refractivity (Wildman–Crippen MR) is 218 cm³/mol. The van der Waals surface area contributed by atoms with Gasteiger partial charge in [0.1, 0.15) is 35.4 Å². The number of nitrogens with one attached hydrogen (secondary N) is 1. The lowest BCUT2D eigenvalue weighted by Gasteiger charge is -2.33. The molecular formula is C44H49N9O5. The van der Waals surface area contributed by atoms with Crippen molar-refractivity contribution in [3.05, 3.63) is 95.8 Å². The minimum absolute atomic E-state index is 0.124. The zero-order valence-electron chi connectivity index (χ0n) is 32.6. The molecule has 3 fully saturated rings. The van der Waals surface area contributed by atoms with E-state index in [4.69, 9.17) is 20.3 Å². The molecule has 3 aromatic carbocycles. The second-order valence-electron chi connectivity index (χ2n) is 15.8. The van der Waals surface area contributed by atoms with Crippen molar-refractivity contribution in [2.24, 2.45) is 0 Å². The van der Waals surface area contributed by atoms with Crippen LogP contribution in [0.3, 0.4) is 0 Å². The van der Waals surface area contributed by atoms with Gasteiger partial charge in [-0.25, -0.2) is 14.6 Å². The Labute approximate surface area is 337 Å². The van der Waals surface area contributed by atoms with Gasteiger partial charge in [-0.3, -0.25) is 24.6 Å². The lowest BCUT2D eigenvalue weighted by Crippen LogP contribution is -2.52. The van der Waals surface area contributed by atoms with Gasteiger partial charge in [-0.15, -0.1) is 0 Å². The van der Waals surface area contributed by atoms with Crippen LogP contribution in [0.2, 0.25) is 0 Å². The number of nitrogen functional groups attached to an aromatic ring is 1. The van der Waals surface area contributed by atoms with Crippen LogP contribution in [0.15, 0.2) is 79.1 Å². The SMILES string of the molecule is Nc1ncnc2c1c(-c1ccc(Oc3ccccc3)cc1)nn2C1CCCN(CCOCCN2CCC(c3ccc4c(c3)CN(C3CCC(=O)NC3=O)C4=O)CC2)C1. The van der Waals surface area contributed by atoms with Crippen LogP contribution in [0.1, 0.15) is 72.0 Å². The van der Waals surface area contributed by atoms with Crippen LogP contribution in [-0.4, -0.2) is 111 Å². The number of rotatable bonds is 12. The zero-order valence-corrected chi connectivity index (χ0v) is 32.6. The molecule has 2 unspecified atom stereocenters. The summed E-state index contributed by atoms with van der Waals surface area (Å²) >= 11 is 0. The molecule has 3 N–H and O–H groups in total. The molecule has 2 aromatic heterocycles. The summed E-state index contributed by atoms with van der Waals surface area (Å²) in [5.74, 6) is 1.60. The Hall–Kier alpha value is -5.70. The Kier molecular flexibility index (Phi) is 10.9. The van der Waals surface area contributed by atoms with E-state index in [1.807, 2.05) is 65.3 Å². The molecule has 9 rings (SSSR count). The third-order valence-corrected chi connectivity index (χ3v) is 12.2. The summed E-state index contributed by atoms with van der Waals surface area (Å²) in [6.45, 7) is 7.40. The number of fused-ring (bicyclic) bond motifs is 2. The molecule has 3 saturated heterocycles. The quantitative estimate of drug-likeness (QED) is 0.127. The van der Waals surface area contributed by atoms with Gasteiger partial charge in [0.2, 0.25) is 11.8 Å². The highest BCUT2D eigenvalue weighted by Crippen LogP contribution is 2.36. The highest BCUT2D eigenvalue weighted by atomic mass is 16.5. The maximum Gasteiger partial charge on any atom is 0.255 e. The van der Waals surface area contributed by atoms with E-state index >= 15 is 0 Å². The van der Waals surface area contributed by atoms with E-state index in [1.165, 1.54) is 11.9 Å². The van der Waals surface area contributed by atoms with Crippen LogP contribution < -0.4 is 15.8 Å². The molecule has 14 heteroatoms. The van der Waals surface area contributed by atoms with Crippen molar-refractivity contribution in [2.75, 3.05) is 58.2 Å². The topological polar surface area (TPSA) is 161 Å². The Morgan fingerprint density at radius 3 is 2.40 bits per heavy atom. The third kappa shape index (κ3) is 7.91. The van der Waals surface area contributed by atoms with E-state index < -0.39 is 6.04 Å². The van der Waals surface area contributed by atoms with Gasteiger partial charge in [-0.2, -0.15) is 5.10 Å². The van der Waals surface area contributed by atoms with Gasteiger partial charge in [-0.1, -0.05) is 30.3 Å². The lowest BCUT2D eigenvalue weighted by molar-refractivity contribution is -0.136. The number of para-hydroxylation sites is 1. The first kappa shape index (κ1) is 37.9. The number of amides is 3. The third-order valence-electron chi connectivity index (χ3n) is 12.2. The molecule has 0 spiro atoms. The number of carbonyl (C=O) groups excluding carboxylic acids is 3. The van der Waals surface area contributed by atoms with Gasteiger partial charge in [0.05, 0.1) is 24.6 Å². The molecule has 5 aromatic rings. The Morgan fingerprint density at radius 2 is 1.60 bits per heavy atom. The number of likely N-dealkylation sites (tertiary alicyclic amines) is 2. The molecule has 2 atom stereocenters. The monoisotopic (exact) mass is 783 g/mol. The molecule has 58 heavy (non-hydrogen) atoms. The normalized spacial score (nSPS) is 20.8. The molecule has 0 radical (unpaired) electrons. The summed E-state index contributed by atoms with van der Waals surface area (Å²) in [5, 5.41) is 8.26. The predicted octanol–water partition coefficient (Wildman–Crippen LogP) is 5.16. The van der Waals surface area contributed by atoms with Crippen LogP contribution in [0.25, 0.3) is 22.3 Å². The summed E-state index contributed by atoms with van der Waals surface area (Å²) in [6, 6.07) is 23.3. The second-order valence-corrected chi connectivity index (χ2v) is 15.8. The first-order chi connectivity index (χ1) is 28.4. The molecule has 3 amide bonds. The van der Waals surface area contributed by atoms with Gasteiger partial charge in [0.25, 0.3) is 5.91 Å². The van der Waals surface area contributed by atoms with E-state index in [-0.39, 0.29) is 30.2 Å². The van der Waals surface area contributed by atoms with E-state index in [9.17, 15) is 14.4 Å². The fourth-order valence-corrected chi connectivity index (χ4v) is 9.02. The number of nitrogens with zero attached hydrogens (tertiary/aromatic N) is 7. The van der Waals surface area contributed by atoms with Crippen molar-refractivity contribution < 1.29 is 23.9 Å². The number of aromatic nitrogens is 4. The van der Waals surface area contributed by atoms with Crippen LogP contribution >= 0.6 is 0 Å². The number of hydrogen-bond acceptors (Lipinski definition) is 11. The summed E-state index contributed by atoms with van der Waals surface area (Å²) in [7, 11) is 0. The number of piperidine rings is 3. The summed E-state index contributed by atoms with van der Waals surface area (Å²) in [6.07, 6.45) is 6.30. The van der Waals surface area contributed by atoms with E-state index in [0.29, 0.717) is 43.5 Å². The molecule has 0 aliphatic carbocycles. The first-order valence-electron chi connectivity index (χ1n) is 20.5. The van der Waals surface area contributed by atoms with Gasteiger partial charge < -0.3 is 25.0 Å². The van der Waals surface area contributed by atoms with Gasteiger partial charge in [-0.05, 0) is 111 Å². The average Bonchev–Trinajstić information content (AvgIpc) is 3.80. The maximum absolute atomic E-state index is 13.1. The van der Waals surface area contributed by atoms with Crippen LogP contribution in [-0.2, 0) is 20.9 Å². The minimum Gasteiger partial charge on any atom is -0.457 e. The molecule has 0 saturated carbocycles. The fourth-order valence-electron chi connectivity index (χ4n) is 9.02. The molecule has 6 heterocycles. The number of imide groups is 1. The summed E-state index contributed by atoms with van der Waals surface area (Å²) in [5.41, 5.74) is 11.8. The molecule has 4 aliphatic heterocycles. The largest absolute Gasteiger partial charge is 0.457 e. The highest BCUT2D eigenvalue weighted by molar-refractivity contribution is 6.05. The number of benzene rings is 3. The van der Waals surface area contributed by atoms with Gasteiger partial charge >= 0.3 is 0 Å².